The molecule has 0 saturated heterocycles. The molecule has 0 unspecified atom stereocenters. The van der Waals surface area contributed by atoms with E-state index < -0.39 is 0 Å². The number of benzene rings is 4. The number of hydrogen-bond acceptors (Lipinski definition) is 9. The van der Waals surface area contributed by atoms with Gasteiger partial charge in [0.15, 0.2) is 28.8 Å². The molecule has 4 aromatic carbocycles. The Kier molecular flexibility index (Phi) is 9.38. The van der Waals surface area contributed by atoms with E-state index in [0.717, 1.165) is 84.5 Å². The predicted octanol–water partition coefficient (Wildman–Crippen LogP) is 5.84. The number of anilines is 2. The van der Waals surface area contributed by atoms with Crippen LogP contribution in [0.15, 0.2) is 72.8 Å². The number of ketones is 1. The van der Waals surface area contributed by atoms with Gasteiger partial charge in [0, 0.05) is 24.2 Å². The summed E-state index contributed by atoms with van der Waals surface area (Å²) < 4.78 is 33.7. The van der Waals surface area contributed by atoms with Crippen molar-refractivity contribution in [2.75, 3.05) is 77.6 Å². The van der Waals surface area contributed by atoms with Crippen molar-refractivity contribution in [3.63, 3.8) is 0 Å². The van der Waals surface area contributed by atoms with Gasteiger partial charge >= 0.3 is 0 Å². The van der Waals surface area contributed by atoms with E-state index in [-0.39, 0.29) is 5.78 Å². The molecule has 2 aliphatic rings. The summed E-state index contributed by atoms with van der Waals surface area (Å²) in [6.07, 6.45) is 1.67. The molecule has 0 spiro atoms. The van der Waals surface area contributed by atoms with Crippen LogP contribution in [0.25, 0.3) is 0 Å². The van der Waals surface area contributed by atoms with Crippen LogP contribution in [0.1, 0.15) is 27.0 Å². The Labute approximate surface area is 270 Å². The van der Waals surface area contributed by atoms with Crippen molar-refractivity contribution >= 4 is 17.2 Å². The first-order valence-corrected chi connectivity index (χ1v) is 15.5. The summed E-state index contributed by atoms with van der Waals surface area (Å²) in [5.41, 5.74) is 5.46. The second kappa shape index (κ2) is 13.9. The van der Waals surface area contributed by atoms with E-state index in [4.69, 9.17) is 28.4 Å². The number of rotatable bonds is 12. The highest BCUT2D eigenvalue weighted by molar-refractivity contribution is 6.10. The van der Waals surface area contributed by atoms with Gasteiger partial charge in [0.25, 0.3) is 0 Å². The van der Waals surface area contributed by atoms with Crippen molar-refractivity contribution in [2.45, 2.75) is 12.8 Å². The van der Waals surface area contributed by atoms with Crippen LogP contribution >= 0.6 is 0 Å². The number of carbonyl (C=O) groups excluding carboxylic acids is 1. The lowest BCUT2D eigenvalue weighted by atomic mass is 10.0. The van der Waals surface area contributed by atoms with Crippen molar-refractivity contribution < 1.29 is 33.2 Å². The van der Waals surface area contributed by atoms with Crippen LogP contribution in [0, 0.1) is 0 Å². The highest BCUT2D eigenvalue weighted by Crippen LogP contribution is 2.37. The summed E-state index contributed by atoms with van der Waals surface area (Å²) >= 11 is 0. The third kappa shape index (κ3) is 6.49. The Bertz CT molecular complexity index is 1580. The van der Waals surface area contributed by atoms with Gasteiger partial charge in [0.2, 0.25) is 0 Å². The monoisotopic (exact) mass is 624 g/mol. The lowest BCUT2D eigenvalue weighted by molar-refractivity contribution is 0.103. The molecule has 0 N–H and O–H groups in total. The van der Waals surface area contributed by atoms with Crippen LogP contribution in [0.4, 0.5) is 11.4 Å². The van der Waals surface area contributed by atoms with Crippen LogP contribution in [0.2, 0.25) is 0 Å². The molecule has 0 saturated carbocycles. The minimum Gasteiger partial charge on any atom is -0.493 e. The van der Waals surface area contributed by atoms with Crippen LogP contribution in [-0.4, -0.2) is 73.6 Å². The van der Waals surface area contributed by atoms with Crippen molar-refractivity contribution in [1.82, 2.24) is 0 Å². The van der Waals surface area contributed by atoms with E-state index in [1.807, 2.05) is 60.7 Å². The molecule has 0 radical (unpaired) electrons. The van der Waals surface area contributed by atoms with Gasteiger partial charge in [-0.25, -0.2) is 0 Å². The molecule has 9 nitrogen and oxygen atoms in total. The standard InChI is InChI=1S/C37H40N2O7/c1-41-31-11-5-25(21-35(31)43-3)13-15-38-17-19-45-33-23-27(7-9-29(33)38)37(40)28-8-10-30-34(24-28)46-20-18-39(30)16-14-26-6-12-32(42-2)36(22-26)44-4/h5-12,21-24H,13-20H2,1-4H3. The van der Waals surface area contributed by atoms with Gasteiger partial charge in [-0.2, -0.15) is 0 Å². The molecule has 240 valence electrons. The first-order chi connectivity index (χ1) is 22.5. The summed E-state index contributed by atoms with van der Waals surface area (Å²) in [7, 11) is 6.57. The fraction of sp³-hybridized carbons (Fsp3) is 0.324. The zero-order valence-electron chi connectivity index (χ0n) is 26.8. The number of hydrogen-bond donors (Lipinski definition) is 0. The van der Waals surface area contributed by atoms with Crippen molar-refractivity contribution in [3.05, 3.63) is 95.1 Å². The van der Waals surface area contributed by atoms with E-state index in [0.29, 0.717) is 35.8 Å². The van der Waals surface area contributed by atoms with Gasteiger partial charge in [-0.1, -0.05) is 12.1 Å². The molecule has 46 heavy (non-hydrogen) atoms. The van der Waals surface area contributed by atoms with Gasteiger partial charge in [-0.15, -0.1) is 0 Å². The summed E-state index contributed by atoms with van der Waals surface area (Å²) in [5.74, 6) is 4.26. The number of nitrogens with zero attached hydrogens (tertiary/aromatic N) is 2. The molecule has 0 fully saturated rings. The zero-order chi connectivity index (χ0) is 32.0. The molecule has 0 aliphatic carbocycles. The molecule has 0 bridgehead atoms. The summed E-state index contributed by atoms with van der Waals surface area (Å²) in [4.78, 5) is 18.2. The van der Waals surface area contributed by atoms with E-state index in [1.165, 1.54) is 0 Å². The van der Waals surface area contributed by atoms with Crippen LogP contribution in [0.5, 0.6) is 34.5 Å². The lowest BCUT2D eigenvalue weighted by Gasteiger charge is -2.32. The SMILES string of the molecule is COc1ccc(CCN2CCOc3cc(C(=O)c4ccc5c(c4)OCCN5CCc4ccc(OC)c(OC)c4)ccc32)cc1OC. The van der Waals surface area contributed by atoms with Crippen LogP contribution in [-0.2, 0) is 12.8 Å². The van der Waals surface area contributed by atoms with Gasteiger partial charge in [-0.05, 0) is 84.6 Å². The Morgan fingerprint density at radius 1 is 0.587 bits per heavy atom. The molecule has 2 aliphatic heterocycles. The van der Waals surface area contributed by atoms with Crippen molar-refractivity contribution in [1.29, 1.82) is 0 Å². The molecular formula is C37H40N2O7. The normalized spacial score (nSPS) is 13.6. The third-order valence-corrected chi connectivity index (χ3v) is 8.60. The number of ether oxygens (including phenoxy) is 6. The van der Waals surface area contributed by atoms with Gasteiger partial charge in [0.05, 0.1) is 52.9 Å². The largest absolute Gasteiger partial charge is 0.493 e. The van der Waals surface area contributed by atoms with E-state index in [9.17, 15) is 4.79 Å². The zero-order valence-corrected chi connectivity index (χ0v) is 26.8. The maximum absolute atomic E-state index is 13.6. The van der Waals surface area contributed by atoms with Gasteiger partial charge in [-0.3, -0.25) is 4.79 Å². The first-order valence-electron chi connectivity index (χ1n) is 15.5. The maximum Gasteiger partial charge on any atom is 0.193 e. The molecule has 6 rings (SSSR count). The highest BCUT2D eigenvalue weighted by atomic mass is 16.5. The molecule has 0 atom stereocenters. The smallest absolute Gasteiger partial charge is 0.193 e. The van der Waals surface area contributed by atoms with Crippen LogP contribution < -0.4 is 38.2 Å². The molecule has 0 amide bonds. The fourth-order valence-corrected chi connectivity index (χ4v) is 6.07. The van der Waals surface area contributed by atoms with E-state index >= 15 is 0 Å². The topological polar surface area (TPSA) is 78.9 Å². The summed E-state index contributed by atoms with van der Waals surface area (Å²) in [6.45, 7) is 4.29. The molecule has 2 heterocycles. The summed E-state index contributed by atoms with van der Waals surface area (Å²) in [6, 6.07) is 23.5. The second-order valence-corrected chi connectivity index (χ2v) is 11.2. The molecule has 0 aromatic heterocycles. The average Bonchev–Trinajstić information content (AvgIpc) is 3.11. The number of methoxy groups -OCH3 is 4. The number of carbonyl (C=O) groups is 1. The minimum absolute atomic E-state index is 0.0669. The molecule has 4 aromatic rings. The molecular weight excluding hydrogens is 584 g/mol. The van der Waals surface area contributed by atoms with Crippen LogP contribution in [0.3, 0.4) is 0 Å². The highest BCUT2D eigenvalue weighted by Gasteiger charge is 2.23. The Morgan fingerprint density at radius 2 is 1.02 bits per heavy atom. The quantitative estimate of drug-likeness (QED) is 0.181. The Morgan fingerprint density at radius 3 is 1.43 bits per heavy atom. The predicted molar refractivity (Wildman–Crippen MR) is 178 cm³/mol. The fourth-order valence-electron chi connectivity index (χ4n) is 6.07. The van der Waals surface area contributed by atoms with E-state index in [1.54, 1.807) is 28.4 Å². The Balaban J connectivity index is 1.13. The van der Waals surface area contributed by atoms with E-state index in [2.05, 4.69) is 21.9 Å². The van der Waals surface area contributed by atoms with Crippen molar-refractivity contribution in [3.8, 4) is 34.5 Å². The van der Waals surface area contributed by atoms with Gasteiger partial charge < -0.3 is 38.2 Å². The third-order valence-electron chi connectivity index (χ3n) is 8.60. The van der Waals surface area contributed by atoms with Crippen molar-refractivity contribution in [2.24, 2.45) is 0 Å². The average molecular weight is 625 g/mol. The minimum atomic E-state index is -0.0669. The summed E-state index contributed by atoms with van der Waals surface area (Å²) in [5, 5.41) is 0. The maximum atomic E-state index is 13.6. The first kappa shape index (κ1) is 31.0. The van der Waals surface area contributed by atoms with Gasteiger partial charge in [0.1, 0.15) is 24.7 Å². The Hall–Kier alpha value is -5.05. The molecule has 9 heteroatoms. The lowest BCUT2D eigenvalue weighted by Crippen LogP contribution is -2.34. The second-order valence-electron chi connectivity index (χ2n) is 11.2. The number of fused-ring (bicyclic) bond motifs is 2.